The van der Waals surface area contributed by atoms with Gasteiger partial charge in [0, 0.05) is 24.9 Å². The largest absolute Gasteiger partial charge is 0.480 e. The summed E-state index contributed by atoms with van der Waals surface area (Å²) in [6, 6.07) is -2.66. The van der Waals surface area contributed by atoms with E-state index in [0.717, 1.165) is 37.9 Å². The average molecular weight is 591 g/mol. The molecule has 236 valence electrons. The molecular weight excluding hydrogens is 544 g/mol. The zero-order valence-electron chi connectivity index (χ0n) is 23.0. The van der Waals surface area contributed by atoms with Crippen molar-refractivity contribution in [1.29, 1.82) is 0 Å². The Morgan fingerprint density at radius 2 is 1.49 bits per heavy atom. The molecule has 0 aromatic carbocycles. The minimum Gasteiger partial charge on any atom is -0.480 e. The van der Waals surface area contributed by atoms with Crippen LogP contribution in [0.2, 0.25) is 0 Å². The molecule has 4 atom stereocenters. The van der Waals surface area contributed by atoms with Crippen molar-refractivity contribution in [3.8, 4) is 0 Å². The molecule has 0 spiro atoms. The zero-order valence-corrected chi connectivity index (χ0v) is 23.0. The van der Waals surface area contributed by atoms with Gasteiger partial charge in [0.1, 0.15) is 24.2 Å². The van der Waals surface area contributed by atoms with Crippen molar-refractivity contribution in [2.24, 2.45) is 39.4 Å². The molecule has 1 aliphatic heterocycles. The zero-order chi connectivity index (χ0) is 31.8. The van der Waals surface area contributed by atoms with Gasteiger partial charge in [0.25, 0.3) is 0 Å². The molecule has 0 radical (unpaired) electrons. The maximum Gasteiger partial charge on any atom is 0.320 e. The van der Waals surface area contributed by atoms with E-state index in [0.29, 0.717) is 32.4 Å². The molecule has 2 heterocycles. The number of aliphatic carboxylic acids is 4. The highest BCUT2D eigenvalue weighted by molar-refractivity contribution is 5.76. The molecule has 18 nitrogen and oxygen atoms in total. The van der Waals surface area contributed by atoms with Crippen LogP contribution in [-0.2, 0) is 25.6 Å². The number of H-pyrrole nitrogens is 1. The molecule has 1 aromatic rings. The molecule has 1 saturated heterocycles. The Hall–Kier alpha value is -3.84. The van der Waals surface area contributed by atoms with Gasteiger partial charge in [-0.1, -0.05) is 6.42 Å². The van der Waals surface area contributed by atoms with Crippen LogP contribution in [0, 0.1) is 0 Å². The fourth-order valence-corrected chi connectivity index (χ4v) is 2.89. The van der Waals surface area contributed by atoms with Crippen LogP contribution < -0.4 is 39.7 Å². The smallest absolute Gasteiger partial charge is 0.320 e. The Labute approximate surface area is 237 Å². The van der Waals surface area contributed by atoms with E-state index in [1.54, 1.807) is 6.20 Å². The van der Waals surface area contributed by atoms with E-state index in [2.05, 4.69) is 20.3 Å². The fraction of sp³-hybridized carbons (Fsp3) is 0.652. The number of aromatic nitrogens is 2. The van der Waals surface area contributed by atoms with Gasteiger partial charge in [-0.3, -0.25) is 24.2 Å². The highest BCUT2D eigenvalue weighted by Crippen LogP contribution is 2.03. The van der Waals surface area contributed by atoms with Gasteiger partial charge in [0.2, 0.25) is 0 Å². The monoisotopic (exact) mass is 590 g/mol. The summed E-state index contributed by atoms with van der Waals surface area (Å²) in [4.78, 5) is 50.9. The van der Waals surface area contributed by atoms with Gasteiger partial charge in [-0.05, 0) is 51.6 Å². The highest BCUT2D eigenvalue weighted by atomic mass is 16.4. The number of nitrogens with two attached hydrogens (primary N) is 6. The van der Waals surface area contributed by atoms with E-state index in [1.807, 2.05) is 0 Å². The molecule has 2 rings (SSSR count). The maximum absolute atomic E-state index is 10.3. The van der Waals surface area contributed by atoms with Crippen molar-refractivity contribution >= 4 is 29.8 Å². The Kier molecular flexibility index (Phi) is 23.0. The Morgan fingerprint density at radius 1 is 0.927 bits per heavy atom. The van der Waals surface area contributed by atoms with Crippen LogP contribution in [0.5, 0.6) is 0 Å². The molecule has 0 amide bonds. The molecule has 1 fully saturated rings. The molecule has 1 aliphatic rings. The molecule has 0 bridgehead atoms. The quantitative estimate of drug-likeness (QED) is 0.0589. The van der Waals surface area contributed by atoms with Crippen LogP contribution in [-0.4, -0.2) is 104 Å². The third-order valence-electron chi connectivity index (χ3n) is 5.24. The van der Waals surface area contributed by atoms with Gasteiger partial charge in [0.05, 0.1) is 6.33 Å². The number of unbranched alkanes of at least 4 members (excludes halogenated alkanes) is 1. The standard InChI is InChI=1S/C6H14N4O2.C6H9N3O2.C6H14N2O2.C5H9NO2/c7-4(5(11)12)2-1-3-10-6(8)9;7-5(6(10)11)1-4-2-8-3-9-4;7-4-2-1-3-5(8)6(9)10;7-5(8)4-2-1-3-6-4/h4H,1-3,7H2,(H,11,12)(H4,8,9,10);2-3,5H,1,7H2,(H,8,9)(H,10,11);5H,1-4,7-8H2,(H,9,10);4,6H,1-3H2,(H,7,8)/t;;;4-/m...0/s1. The van der Waals surface area contributed by atoms with Crippen molar-refractivity contribution in [3.63, 3.8) is 0 Å². The SMILES string of the molecule is NC(Cc1cnc[nH]1)C(=O)O.NC(N)=NCCCC(N)C(=O)O.NCCCCC(N)C(=O)O.O=C(O)[C@@H]1CCCN1. The lowest BCUT2D eigenvalue weighted by Crippen LogP contribution is -2.32. The molecule has 0 saturated carbocycles. The van der Waals surface area contributed by atoms with Crippen LogP contribution >= 0.6 is 0 Å². The van der Waals surface area contributed by atoms with Gasteiger partial charge in [-0.15, -0.1) is 0 Å². The number of aliphatic imine (C=N–C) groups is 1. The summed E-state index contributed by atoms with van der Waals surface area (Å²) in [5, 5.41) is 36.3. The summed E-state index contributed by atoms with van der Waals surface area (Å²) in [6.07, 6.45) is 8.24. The van der Waals surface area contributed by atoms with E-state index in [4.69, 9.17) is 54.8 Å². The van der Waals surface area contributed by atoms with Gasteiger partial charge < -0.3 is 65.1 Å². The van der Waals surface area contributed by atoms with E-state index < -0.39 is 42.0 Å². The van der Waals surface area contributed by atoms with Crippen LogP contribution in [0.1, 0.15) is 50.6 Å². The number of carboxylic acid groups (broad SMARTS) is 4. The number of nitrogens with one attached hydrogen (secondary N) is 2. The first-order valence-electron chi connectivity index (χ1n) is 12.9. The molecule has 18 N–H and O–H groups in total. The third-order valence-corrected chi connectivity index (χ3v) is 5.24. The summed E-state index contributed by atoms with van der Waals surface area (Å²) < 4.78 is 0. The van der Waals surface area contributed by atoms with Crippen molar-refractivity contribution in [2.45, 2.75) is 75.5 Å². The molecule has 0 aliphatic carbocycles. The number of carboxylic acids is 4. The third kappa shape index (κ3) is 23.7. The van der Waals surface area contributed by atoms with Crippen LogP contribution in [0.25, 0.3) is 0 Å². The van der Waals surface area contributed by atoms with Crippen molar-refractivity contribution in [3.05, 3.63) is 18.2 Å². The van der Waals surface area contributed by atoms with E-state index in [1.165, 1.54) is 6.33 Å². The van der Waals surface area contributed by atoms with E-state index in [9.17, 15) is 19.2 Å². The predicted molar refractivity (Wildman–Crippen MR) is 151 cm³/mol. The maximum atomic E-state index is 10.3. The molecular formula is C23H46N10O8. The van der Waals surface area contributed by atoms with Crippen molar-refractivity contribution < 1.29 is 39.6 Å². The van der Waals surface area contributed by atoms with Crippen molar-refractivity contribution in [2.75, 3.05) is 19.6 Å². The first-order chi connectivity index (χ1) is 19.2. The van der Waals surface area contributed by atoms with E-state index in [-0.39, 0.29) is 18.4 Å². The number of rotatable bonds is 14. The number of hydrogen-bond donors (Lipinski definition) is 12. The highest BCUT2D eigenvalue weighted by Gasteiger charge is 2.20. The minimum atomic E-state index is -1.00. The summed E-state index contributed by atoms with van der Waals surface area (Å²) in [7, 11) is 0. The van der Waals surface area contributed by atoms with Crippen LogP contribution in [0.3, 0.4) is 0 Å². The normalized spacial score (nSPS) is 15.7. The lowest BCUT2D eigenvalue weighted by molar-refractivity contribution is -0.139. The topological polar surface area (TPSA) is 358 Å². The fourth-order valence-electron chi connectivity index (χ4n) is 2.89. The van der Waals surface area contributed by atoms with Gasteiger partial charge in [-0.2, -0.15) is 0 Å². The number of hydrogen-bond acceptors (Lipinski definition) is 11. The lowest BCUT2D eigenvalue weighted by atomic mass is 10.1. The minimum absolute atomic E-state index is 0.0129. The number of nitrogens with zero attached hydrogens (tertiary/aromatic N) is 2. The van der Waals surface area contributed by atoms with Gasteiger partial charge in [0.15, 0.2) is 5.96 Å². The molecule has 1 aromatic heterocycles. The summed E-state index contributed by atoms with van der Waals surface area (Å²) in [5.74, 6) is -3.64. The first kappa shape index (κ1) is 39.3. The number of carbonyl (C=O) groups is 4. The second-order valence-electron chi connectivity index (χ2n) is 8.84. The average Bonchev–Trinajstić information content (AvgIpc) is 3.62. The van der Waals surface area contributed by atoms with Crippen LogP contribution in [0.4, 0.5) is 0 Å². The van der Waals surface area contributed by atoms with Gasteiger partial charge >= 0.3 is 23.9 Å². The van der Waals surface area contributed by atoms with E-state index >= 15 is 0 Å². The summed E-state index contributed by atoms with van der Waals surface area (Å²) >= 11 is 0. The Balaban J connectivity index is 0. The Morgan fingerprint density at radius 3 is 1.85 bits per heavy atom. The molecule has 41 heavy (non-hydrogen) atoms. The van der Waals surface area contributed by atoms with Crippen molar-refractivity contribution in [1.82, 2.24) is 15.3 Å². The number of guanidine groups is 1. The first-order valence-corrected chi connectivity index (χ1v) is 12.9. The predicted octanol–water partition coefficient (Wildman–Crippen LogP) is -2.83. The lowest BCUT2D eigenvalue weighted by Gasteiger charge is -2.03. The van der Waals surface area contributed by atoms with Gasteiger partial charge in [-0.25, -0.2) is 4.98 Å². The number of aromatic amines is 1. The van der Waals surface area contributed by atoms with Crippen LogP contribution in [0.15, 0.2) is 17.5 Å². The molecule has 18 heteroatoms. The second kappa shape index (κ2) is 24.0. The number of imidazole rings is 1. The summed E-state index contributed by atoms with van der Waals surface area (Å²) in [5.41, 5.74) is 31.7. The Bertz CT molecular complexity index is 891. The summed E-state index contributed by atoms with van der Waals surface area (Å²) in [6.45, 7) is 1.88. The second-order valence-corrected chi connectivity index (χ2v) is 8.84. The molecule has 3 unspecified atom stereocenters.